The Balaban J connectivity index is 4.44. The third-order valence-corrected chi connectivity index (χ3v) is 13.5. The molecular weight excluding hydrogens is 997 g/mol. The van der Waals surface area contributed by atoms with Gasteiger partial charge < -0.3 is 14.2 Å². The first-order valence-corrected chi connectivity index (χ1v) is 33.0. The molecule has 0 spiro atoms. The van der Waals surface area contributed by atoms with Crippen molar-refractivity contribution >= 4 is 17.9 Å². The van der Waals surface area contributed by atoms with Crippen LogP contribution in [0, 0.1) is 0 Å². The Morgan fingerprint density at radius 1 is 0.247 bits per heavy atom. The molecule has 0 aliphatic heterocycles. The van der Waals surface area contributed by atoms with Crippen LogP contribution in [-0.4, -0.2) is 37.2 Å². The summed E-state index contributed by atoms with van der Waals surface area (Å²) in [5.74, 6) is -0.934. The van der Waals surface area contributed by atoms with Gasteiger partial charge in [-0.3, -0.25) is 14.4 Å². The molecule has 0 rings (SSSR count). The smallest absolute Gasteiger partial charge is 0.306 e. The highest BCUT2D eigenvalue weighted by Crippen LogP contribution is 2.15. The molecule has 0 radical (unpaired) electrons. The molecule has 0 aromatic heterocycles. The van der Waals surface area contributed by atoms with Crippen LogP contribution in [0.1, 0.15) is 278 Å². The summed E-state index contributed by atoms with van der Waals surface area (Å²) in [6.07, 6.45) is 98.2. The van der Waals surface area contributed by atoms with Crippen molar-refractivity contribution in [3.63, 3.8) is 0 Å². The van der Waals surface area contributed by atoms with Gasteiger partial charge in [-0.25, -0.2) is 0 Å². The van der Waals surface area contributed by atoms with Crippen molar-refractivity contribution in [2.45, 2.75) is 284 Å². The maximum atomic E-state index is 12.9. The molecule has 81 heavy (non-hydrogen) atoms. The zero-order chi connectivity index (χ0) is 58.5. The van der Waals surface area contributed by atoms with Gasteiger partial charge in [-0.15, -0.1) is 0 Å². The first-order valence-electron chi connectivity index (χ1n) is 33.0. The number of esters is 3. The molecule has 0 amide bonds. The number of allylic oxidation sites excluding steroid dienone is 26. The van der Waals surface area contributed by atoms with Crippen molar-refractivity contribution in [2.24, 2.45) is 0 Å². The molecule has 0 saturated carbocycles. The molecule has 1 atom stereocenters. The molecular formula is C75H120O6. The second-order valence-corrected chi connectivity index (χ2v) is 21.2. The van der Waals surface area contributed by atoms with Gasteiger partial charge in [-0.05, 0) is 141 Å². The average molecular weight is 1120 g/mol. The van der Waals surface area contributed by atoms with E-state index in [-0.39, 0.29) is 31.1 Å². The molecule has 0 saturated heterocycles. The zero-order valence-corrected chi connectivity index (χ0v) is 52.2. The van der Waals surface area contributed by atoms with E-state index < -0.39 is 6.10 Å². The van der Waals surface area contributed by atoms with Gasteiger partial charge in [0.05, 0.1) is 0 Å². The van der Waals surface area contributed by atoms with Gasteiger partial charge in [-0.2, -0.15) is 0 Å². The molecule has 6 nitrogen and oxygen atoms in total. The normalized spacial score (nSPS) is 13.2. The van der Waals surface area contributed by atoms with Gasteiger partial charge in [0, 0.05) is 19.3 Å². The van der Waals surface area contributed by atoms with Gasteiger partial charge >= 0.3 is 17.9 Å². The minimum atomic E-state index is -0.804. The van der Waals surface area contributed by atoms with Crippen LogP contribution in [0.5, 0.6) is 0 Å². The van der Waals surface area contributed by atoms with E-state index in [1.165, 1.54) is 64.2 Å². The van der Waals surface area contributed by atoms with E-state index >= 15 is 0 Å². The highest BCUT2D eigenvalue weighted by molar-refractivity contribution is 5.71. The van der Waals surface area contributed by atoms with Gasteiger partial charge in [0.1, 0.15) is 13.2 Å². The fourth-order valence-corrected chi connectivity index (χ4v) is 8.69. The van der Waals surface area contributed by atoms with E-state index in [2.05, 4.69) is 179 Å². The standard InChI is InChI=1S/C75H120O6/c1-4-7-10-13-16-19-22-25-28-30-32-34-36-37-39-40-42-44-47-50-53-56-59-62-65-68-74(77)80-71-72(70-79-73(76)67-64-61-58-55-52-49-46-27-24-21-18-15-12-9-6-3)81-75(78)69-66-63-60-57-54-51-48-45-43-41-38-35-33-31-29-26-23-20-17-14-11-8-5-2/h7-12,16-21,25-29,32-35,37,39,42,44,46,72H,4-6,13-15,22-24,30-31,36,38,40-41,43,45,47-71H2,1-3H3/b10-7-,11-8-,12-9-,19-16-,20-17-,21-18-,28-25-,29-26-,34-32-,35-33-,39-37-,44-42-,46-27-. The van der Waals surface area contributed by atoms with Crippen LogP contribution in [-0.2, 0) is 28.6 Å². The Morgan fingerprint density at radius 2 is 0.444 bits per heavy atom. The van der Waals surface area contributed by atoms with E-state index in [1.807, 2.05) is 0 Å². The van der Waals surface area contributed by atoms with E-state index in [0.717, 1.165) is 173 Å². The molecule has 0 N–H and O–H groups in total. The second-order valence-electron chi connectivity index (χ2n) is 21.2. The Labute approximate surface area is 499 Å². The summed E-state index contributed by atoms with van der Waals surface area (Å²) in [7, 11) is 0. The quantitative estimate of drug-likeness (QED) is 0.0261. The van der Waals surface area contributed by atoms with E-state index in [9.17, 15) is 14.4 Å². The van der Waals surface area contributed by atoms with Crippen LogP contribution < -0.4 is 0 Å². The number of carbonyl (C=O) groups is 3. The molecule has 0 aromatic carbocycles. The first-order chi connectivity index (χ1) is 40.0. The van der Waals surface area contributed by atoms with Crippen molar-refractivity contribution in [1.82, 2.24) is 0 Å². The van der Waals surface area contributed by atoms with E-state index in [0.29, 0.717) is 19.3 Å². The lowest BCUT2D eigenvalue weighted by molar-refractivity contribution is -0.167. The van der Waals surface area contributed by atoms with Gasteiger partial charge in [-0.1, -0.05) is 275 Å². The summed E-state index contributed by atoms with van der Waals surface area (Å²) in [6.45, 7) is 6.28. The van der Waals surface area contributed by atoms with Crippen molar-refractivity contribution in [2.75, 3.05) is 13.2 Å². The SMILES string of the molecule is CC/C=C\C/C=C\C/C=C\C/C=C\C/C=C\C/C=C\CCCCCCCCC(=O)OCC(COC(=O)CCCCCCC/C=C\C/C=C\C/C=C\CC)OC(=O)CCCCCCCCCCCC/C=C\C/C=C\C/C=C\C/C=C\CC. The van der Waals surface area contributed by atoms with Crippen LogP contribution in [0.25, 0.3) is 0 Å². The number of ether oxygens (including phenoxy) is 3. The summed E-state index contributed by atoms with van der Waals surface area (Å²) in [5.41, 5.74) is 0. The van der Waals surface area contributed by atoms with Crippen LogP contribution in [0.2, 0.25) is 0 Å². The summed E-state index contributed by atoms with van der Waals surface area (Å²) >= 11 is 0. The molecule has 0 heterocycles. The number of hydrogen-bond acceptors (Lipinski definition) is 6. The average Bonchev–Trinajstić information content (AvgIpc) is 3.47. The monoisotopic (exact) mass is 1120 g/mol. The lowest BCUT2D eigenvalue weighted by Gasteiger charge is -2.18. The van der Waals surface area contributed by atoms with Crippen molar-refractivity contribution in [3.8, 4) is 0 Å². The third-order valence-electron chi connectivity index (χ3n) is 13.5. The van der Waals surface area contributed by atoms with Gasteiger partial charge in [0.15, 0.2) is 6.10 Å². The van der Waals surface area contributed by atoms with Crippen molar-refractivity contribution in [3.05, 3.63) is 158 Å². The van der Waals surface area contributed by atoms with E-state index in [4.69, 9.17) is 14.2 Å². The van der Waals surface area contributed by atoms with Crippen LogP contribution in [0.4, 0.5) is 0 Å². The first kappa shape index (κ1) is 76.0. The van der Waals surface area contributed by atoms with Crippen molar-refractivity contribution in [1.29, 1.82) is 0 Å². The summed E-state index contributed by atoms with van der Waals surface area (Å²) < 4.78 is 16.9. The lowest BCUT2D eigenvalue weighted by atomic mass is 10.0. The molecule has 0 bridgehead atoms. The fourth-order valence-electron chi connectivity index (χ4n) is 8.69. The van der Waals surface area contributed by atoms with E-state index in [1.54, 1.807) is 0 Å². The molecule has 0 aromatic rings. The Kier molecular flexibility index (Phi) is 63.4. The Morgan fingerprint density at radius 3 is 0.691 bits per heavy atom. The van der Waals surface area contributed by atoms with Crippen LogP contribution >= 0.6 is 0 Å². The molecule has 6 heteroatoms. The second kappa shape index (κ2) is 67.5. The lowest BCUT2D eigenvalue weighted by Crippen LogP contribution is -2.30. The van der Waals surface area contributed by atoms with Crippen LogP contribution in [0.15, 0.2) is 158 Å². The highest BCUT2D eigenvalue weighted by Gasteiger charge is 2.19. The summed E-state index contributed by atoms with van der Waals surface area (Å²) in [5, 5.41) is 0. The van der Waals surface area contributed by atoms with Crippen LogP contribution in [0.3, 0.4) is 0 Å². The maximum Gasteiger partial charge on any atom is 0.306 e. The molecule has 0 fully saturated rings. The number of rotatable bonds is 58. The highest BCUT2D eigenvalue weighted by atomic mass is 16.6. The summed E-state index contributed by atoms with van der Waals surface area (Å²) in [4.78, 5) is 38.4. The third kappa shape index (κ3) is 65.7. The summed E-state index contributed by atoms with van der Waals surface area (Å²) in [6, 6.07) is 0. The fraction of sp³-hybridized carbons (Fsp3) is 0.613. The number of hydrogen-bond donors (Lipinski definition) is 0. The Hall–Kier alpha value is -4.97. The minimum Gasteiger partial charge on any atom is -0.462 e. The molecule has 0 aliphatic carbocycles. The predicted molar refractivity (Wildman–Crippen MR) is 352 cm³/mol. The van der Waals surface area contributed by atoms with Crippen molar-refractivity contribution < 1.29 is 28.6 Å². The molecule has 456 valence electrons. The molecule has 0 aliphatic rings. The minimum absolute atomic E-state index is 0.0993. The number of carbonyl (C=O) groups excluding carboxylic acids is 3. The Bertz CT molecular complexity index is 1810. The maximum absolute atomic E-state index is 12.9. The van der Waals surface area contributed by atoms with Gasteiger partial charge in [0.25, 0.3) is 0 Å². The largest absolute Gasteiger partial charge is 0.462 e. The topological polar surface area (TPSA) is 78.9 Å². The molecule has 1 unspecified atom stereocenters. The van der Waals surface area contributed by atoms with Gasteiger partial charge in [0.2, 0.25) is 0 Å². The predicted octanol–water partition coefficient (Wildman–Crippen LogP) is 22.9. The number of unbranched alkanes of at least 4 members (excludes halogenated alkanes) is 21. The zero-order valence-electron chi connectivity index (χ0n) is 52.2.